The average Bonchev–Trinajstić information content (AvgIpc) is 2.72. The maximum atomic E-state index is 12.3. The Hall–Kier alpha value is -2.37. The molecule has 0 spiro atoms. The third-order valence-corrected chi connectivity index (χ3v) is 5.10. The predicted molar refractivity (Wildman–Crippen MR) is 116 cm³/mol. The van der Waals surface area contributed by atoms with Gasteiger partial charge >= 0.3 is 0 Å². The van der Waals surface area contributed by atoms with E-state index in [1.807, 2.05) is 36.4 Å². The van der Waals surface area contributed by atoms with E-state index < -0.39 is 0 Å². The van der Waals surface area contributed by atoms with Crippen LogP contribution in [-0.2, 0) is 16.7 Å². The van der Waals surface area contributed by atoms with Gasteiger partial charge in [-0.3, -0.25) is 9.69 Å². The highest BCUT2D eigenvalue weighted by Gasteiger charge is 2.13. The number of nitrogens with zero attached hydrogens (tertiary/aromatic N) is 1. The van der Waals surface area contributed by atoms with Crippen LogP contribution in [0.15, 0.2) is 48.5 Å². The number of ether oxygens (including phenoxy) is 2. The summed E-state index contributed by atoms with van der Waals surface area (Å²) in [5.41, 5.74) is 3.29. The van der Waals surface area contributed by atoms with Gasteiger partial charge in [0.25, 0.3) is 5.91 Å². The molecule has 156 valence electrons. The van der Waals surface area contributed by atoms with Gasteiger partial charge in [-0.1, -0.05) is 45.0 Å². The van der Waals surface area contributed by atoms with Crippen LogP contribution in [0.4, 0.5) is 0 Å². The molecule has 2 aromatic rings. The van der Waals surface area contributed by atoms with Crippen LogP contribution in [-0.4, -0.2) is 50.3 Å². The van der Waals surface area contributed by atoms with E-state index in [-0.39, 0.29) is 11.3 Å². The Bertz CT molecular complexity index is 773. The van der Waals surface area contributed by atoms with Gasteiger partial charge in [-0.25, -0.2) is 0 Å². The summed E-state index contributed by atoms with van der Waals surface area (Å²) < 4.78 is 11.1. The van der Waals surface area contributed by atoms with E-state index in [9.17, 15) is 4.79 Å². The van der Waals surface area contributed by atoms with Crippen molar-refractivity contribution in [2.75, 3.05) is 39.5 Å². The summed E-state index contributed by atoms with van der Waals surface area (Å²) in [6.07, 6.45) is 0. The lowest BCUT2D eigenvalue weighted by molar-refractivity contribution is 0.0342. The molecule has 1 N–H and O–H groups in total. The van der Waals surface area contributed by atoms with Crippen LogP contribution in [0, 0.1) is 0 Å². The van der Waals surface area contributed by atoms with Gasteiger partial charge in [0, 0.05) is 25.2 Å². The summed E-state index contributed by atoms with van der Waals surface area (Å²) in [5, 5.41) is 2.91. The molecule has 0 aliphatic carbocycles. The molecule has 0 unspecified atom stereocenters. The highest BCUT2D eigenvalue weighted by molar-refractivity contribution is 5.94. The minimum Gasteiger partial charge on any atom is -0.492 e. The second-order valence-corrected chi connectivity index (χ2v) is 8.46. The van der Waals surface area contributed by atoms with Gasteiger partial charge in [0.15, 0.2) is 0 Å². The van der Waals surface area contributed by atoms with Gasteiger partial charge < -0.3 is 14.8 Å². The minimum atomic E-state index is -0.0744. The number of nitrogens with one attached hydrogen (secondary N) is 1. The van der Waals surface area contributed by atoms with Crippen LogP contribution in [0.3, 0.4) is 0 Å². The van der Waals surface area contributed by atoms with Crippen molar-refractivity contribution in [3.63, 3.8) is 0 Å². The van der Waals surface area contributed by atoms with Crippen LogP contribution in [0.25, 0.3) is 0 Å². The molecular formula is C24H32N2O3. The molecule has 0 saturated carbocycles. The summed E-state index contributed by atoms with van der Waals surface area (Å²) in [6.45, 7) is 11.9. The molecule has 5 nitrogen and oxygen atoms in total. The molecule has 1 saturated heterocycles. The fourth-order valence-corrected chi connectivity index (χ4v) is 3.27. The third-order valence-electron chi connectivity index (χ3n) is 5.10. The Morgan fingerprint density at radius 1 is 1.03 bits per heavy atom. The smallest absolute Gasteiger partial charge is 0.251 e. The zero-order valence-electron chi connectivity index (χ0n) is 17.7. The average molecular weight is 397 g/mol. The van der Waals surface area contributed by atoms with E-state index in [0.29, 0.717) is 18.7 Å². The van der Waals surface area contributed by atoms with Crippen molar-refractivity contribution in [2.24, 2.45) is 0 Å². The summed E-state index contributed by atoms with van der Waals surface area (Å²) in [4.78, 5) is 14.7. The van der Waals surface area contributed by atoms with E-state index in [1.165, 1.54) is 11.1 Å². The molecule has 29 heavy (non-hydrogen) atoms. The van der Waals surface area contributed by atoms with Gasteiger partial charge in [0.2, 0.25) is 0 Å². The Morgan fingerprint density at radius 3 is 2.31 bits per heavy atom. The van der Waals surface area contributed by atoms with Crippen molar-refractivity contribution in [1.82, 2.24) is 10.2 Å². The summed E-state index contributed by atoms with van der Waals surface area (Å²) in [5.74, 6) is 0.745. The molecule has 3 rings (SSSR count). The number of carbonyl (C=O) groups is 1. The van der Waals surface area contributed by atoms with Gasteiger partial charge in [-0.15, -0.1) is 0 Å². The lowest BCUT2D eigenvalue weighted by atomic mass is 9.87. The molecule has 1 aliphatic rings. The van der Waals surface area contributed by atoms with E-state index in [0.717, 1.165) is 38.6 Å². The molecule has 1 heterocycles. The normalized spacial score (nSPS) is 15.1. The molecule has 1 amide bonds. The van der Waals surface area contributed by atoms with Crippen molar-refractivity contribution < 1.29 is 14.3 Å². The topological polar surface area (TPSA) is 50.8 Å². The van der Waals surface area contributed by atoms with Crippen molar-refractivity contribution in [3.05, 3.63) is 65.2 Å². The Kier molecular flexibility index (Phi) is 7.29. The zero-order chi connectivity index (χ0) is 20.7. The number of hydrogen-bond acceptors (Lipinski definition) is 4. The van der Waals surface area contributed by atoms with Crippen molar-refractivity contribution >= 4 is 5.91 Å². The number of carbonyl (C=O) groups excluding carboxylic acids is 1. The first-order chi connectivity index (χ1) is 13.9. The van der Waals surface area contributed by atoms with E-state index in [2.05, 4.69) is 43.1 Å². The standard InChI is InChI=1S/C24H32N2O3/c1-24(2,3)21-8-10-22(11-9-21)29-15-12-25-23(27)20-6-4-19(5-7-20)18-26-13-16-28-17-14-26/h4-11H,12-18H2,1-3H3,(H,25,27). The molecule has 5 heteroatoms. The van der Waals surface area contributed by atoms with Gasteiger partial charge in [-0.05, 0) is 40.8 Å². The van der Waals surface area contributed by atoms with Crippen LogP contribution < -0.4 is 10.1 Å². The first-order valence-electron chi connectivity index (χ1n) is 10.3. The maximum Gasteiger partial charge on any atom is 0.251 e. The molecule has 0 aromatic heterocycles. The molecule has 0 radical (unpaired) electrons. The number of amides is 1. The van der Waals surface area contributed by atoms with Crippen LogP contribution >= 0.6 is 0 Å². The lowest BCUT2D eigenvalue weighted by Crippen LogP contribution is -2.35. The summed E-state index contributed by atoms with van der Waals surface area (Å²) in [7, 11) is 0. The minimum absolute atomic E-state index is 0.0744. The fourth-order valence-electron chi connectivity index (χ4n) is 3.27. The highest BCUT2D eigenvalue weighted by atomic mass is 16.5. The Morgan fingerprint density at radius 2 is 1.69 bits per heavy atom. The maximum absolute atomic E-state index is 12.3. The van der Waals surface area contributed by atoms with Gasteiger partial charge in [0.1, 0.15) is 12.4 Å². The molecule has 1 aliphatic heterocycles. The SMILES string of the molecule is CC(C)(C)c1ccc(OCCNC(=O)c2ccc(CN3CCOCC3)cc2)cc1. The fraction of sp³-hybridized carbons (Fsp3) is 0.458. The van der Waals surface area contributed by atoms with Crippen LogP contribution in [0.2, 0.25) is 0 Å². The summed E-state index contributed by atoms with van der Waals surface area (Å²) in [6, 6.07) is 16.0. The third kappa shape index (κ3) is 6.58. The molecule has 0 atom stereocenters. The van der Waals surface area contributed by atoms with Crippen molar-refractivity contribution in [1.29, 1.82) is 0 Å². The Labute approximate surface area is 174 Å². The number of hydrogen-bond donors (Lipinski definition) is 1. The molecular weight excluding hydrogens is 364 g/mol. The number of benzene rings is 2. The first kappa shape index (κ1) is 21.3. The highest BCUT2D eigenvalue weighted by Crippen LogP contribution is 2.24. The lowest BCUT2D eigenvalue weighted by Gasteiger charge is -2.26. The Balaban J connectivity index is 1.40. The van der Waals surface area contributed by atoms with Gasteiger partial charge in [-0.2, -0.15) is 0 Å². The van der Waals surface area contributed by atoms with E-state index >= 15 is 0 Å². The molecule has 0 bridgehead atoms. The monoisotopic (exact) mass is 396 g/mol. The zero-order valence-corrected chi connectivity index (χ0v) is 17.7. The summed E-state index contributed by atoms with van der Waals surface area (Å²) >= 11 is 0. The van der Waals surface area contributed by atoms with Crippen LogP contribution in [0.1, 0.15) is 42.3 Å². The first-order valence-corrected chi connectivity index (χ1v) is 10.3. The number of morpholine rings is 1. The molecule has 2 aromatic carbocycles. The predicted octanol–water partition coefficient (Wildman–Crippen LogP) is 3.63. The second-order valence-electron chi connectivity index (χ2n) is 8.46. The number of rotatable bonds is 7. The van der Waals surface area contributed by atoms with Crippen molar-refractivity contribution in [2.45, 2.75) is 32.7 Å². The quantitative estimate of drug-likeness (QED) is 0.726. The van der Waals surface area contributed by atoms with E-state index in [1.54, 1.807) is 0 Å². The van der Waals surface area contributed by atoms with Gasteiger partial charge in [0.05, 0.1) is 19.8 Å². The molecule has 1 fully saturated rings. The second kappa shape index (κ2) is 9.90. The van der Waals surface area contributed by atoms with E-state index in [4.69, 9.17) is 9.47 Å². The van der Waals surface area contributed by atoms with Crippen LogP contribution in [0.5, 0.6) is 5.75 Å². The van der Waals surface area contributed by atoms with Crippen molar-refractivity contribution in [3.8, 4) is 5.75 Å². The largest absolute Gasteiger partial charge is 0.492 e.